The van der Waals surface area contributed by atoms with Crippen molar-refractivity contribution in [1.82, 2.24) is 10.0 Å². The lowest BCUT2D eigenvalue weighted by molar-refractivity contribution is -0.154. The molecule has 2 bridgehead atoms. The van der Waals surface area contributed by atoms with E-state index in [1.807, 2.05) is 12.2 Å². The number of amides is 3. The Hall–Kier alpha value is -3.32. The molecule has 2 aromatic carbocycles. The number of hydrazine groups is 1. The van der Waals surface area contributed by atoms with Crippen molar-refractivity contribution in [3.8, 4) is 0 Å². The maximum atomic E-state index is 13.6. The Bertz CT molecular complexity index is 1240. The summed E-state index contributed by atoms with van der Waals surface area (Å²) in [7, 11) is 0. The highest BCUT2D eigenvalue weighted by Gasteiger charge is 2.68. The van der Waals surface area contributed by atoms with Crippen molar-refractivity contribution in [2.45, 2.75) is 6.42 Å². The van der Waals surface area contributed by atoms with E-state index in [1.54, 1.807) is 12.1 Å². The van der Waals surface area contributed by atoms with Gasteiger partial charge in [0.15, 0.2) is 5.78 Å². The molecule has 0 spiro atoms. The van der Waals surface area contributed by atoms with Gasteiger partial charge in [0.25, 0.3) is 17.7 Å². The van der Waals surface area contributed by atoms with E-state index in [9.17, 15) is 23.6 Å². The van der Waals surface area contributed by atoms with E-state index in [0.717, 1.165) is 28.6 Å². The summed E-state index contributed by atoms with van der Waals surface area (Å²) < 4.78 is 13.3. The number of hydrogen-bond donors (Lipinski definition) is 0. The number of carbonyl (C=O) groups is 4. The Morgan fingerprint density at radius 1 is 0.941 bits per heavy atom. The smallest absolute Gasteiger partial charge is 0.274 e. The van der Waals surface area contributed by atoms with Gasteiger partial charge in [-0.05, 0) is 66.5 Å². The van der Waals surface area contributed by atoms with Crippen LogP contribution in [0.15, 0.2) is 60.7 Å². The Balaban J connectivity index is 1.37. The average molecular weight is 479 g/mol. The highest BCUT2D eigenvalue weighted by molar-refractivity contribution is 6.34. The molecular formula is C26H20ClFN2O4. The third-order valence-corrected chi connectivity index (χ3v) is 8.01. The first kappa shape index (κ1) is 21.2. The Morgan fingerprint density at radius 3 is 2.12 bits per heavy atom. The van der Waals surface area contributed by atoms with Crippen LogP contribution in [0.5, 0.6) is 0 Å². The Morgan fingerprint density at radius 2 is 1.53 bits per heavy atom. The molecule has 1 aliphatic heterocycles. The molecule has 0 radical (unpaired) electrons. The number of imide groups is 1. The third kappa shape index (κ3) is 3.06. The maximum absolute atomic E-state index is 13.6. The molecule has 3 fully saturated rings. The van der Waals surface area contributed by atoms with Crippen LogP contribution in [0.25, 0.3) is 0 Å². The number of benzene rings is 2. The maximum Gasteiger partial charge on any atom is 0.274 e. The van der Waals surface area contributed by atoms with Crippen molar-refractivity contribution >= 4 is 35.1 Å². The molecule has 34 heavy (non-hydrogen) atoms. The second-order valence-corrected chi connectivity index (χ2v) is 9.82. The van der Waals surface area contributed by atoms with E-state index >= 15 is 0 Å². The van der Waals surface area contributed by atoms with Gasteiger partial charge in [-0.25, -0.2) is 9.40 Å². The zero-order chi connectivity index (χ0) is 23.7. The van der Waals surface area contributed by atoms with E-state index < -0.39 is 47.7 Å². The molecular weight excluding hydrogens is 459 g/mol. The van der Waals surface area contributed by atoms with Crippen LogP contribution < -0.4 is 0 Å². The fourth-order valence-electron chi connectivity index (χ4n) is 6.05. The van der Waals surface area contributed by atoms with Crippen LogP contribution in [0.1, 0.15) is 27.1 Å². The molecule has 0 N–H and O–H groups in total. The second kappa shape index (κ2) is 7.60. The predicted molar refractivity (Wildman–Crippen MR) is 120 cm³/mol. The summed E-state index contributed by atoms with van der Waals surface area (Å²) in [5, 5.41) is 1.94. The molecule has 0 unspecified atom stereocenters. The summed E-state index contributed by atoms with van der Waals surface area (Å²) in [4.78, 5) is 53.9. The van der Waals surface area contributed by atoms with E-state index in [2.05, 4.69) is 0 Å². The van der Waals surface area contributed by atoms with Crippen LogP contribution >= 0.6 is 11.6 Å². The molecule has 1 heterocycles. The monoisotopic (exact) mass is 478 g/mol. The Kier molecular flexibility index (Phi) is 4.74. The quantitative estimate of drug-likeness (QED) is 0.372. The summed E-state index contributed by atoms with van der Waals surface area (Å²) in [5.74, 6) is -2.93. The fourth-order valence-corrected chi connectivity index (χ4v) is 6.27. The van der Waals surface area contributed by atoms with Crippen molar-refractivity contribution < 1.29 is 23.6 Å². The molecule has 2 saturated carbocycles. The van der Waals surface area contributed by atoms with Crippen LogP contribution in [0.2, 0.25) is 5.02 Å². The number of allylic oxidation sites excluding steroid dienone is 2. The van der Waals surface area contributed by atoms with Crippen molar-refractivity contribution in [2.75, 3.05) is 6.54 Å². The number of nitrogens with zero attached hydrogens (tertiary/aromatic N) is 2. The van der Waals surface area contributed by atoms with E-state index in [0.29, 0.717) is 11.8 Å². The normalized spacial score (nSPS) is 30.2. The van der Waals surface area contributed by atoms with Crippen molar-refractivity contribution in [2.24, 2.45) is 35.5 Å². The second-order valence-electron chi connectivity index (χ2n) is 9.42. The molecule has 2 aromatic rings. The third-order valence-electron chi connectivity index (χ3n) is 7.68. The minimum absolute atomic E-state index is 0.0217. The molecule has 0 aromatic heterocycles. The number of halogens is 2. The summed E-state index contributed by atoms with van der Waals surface area (Å²) in [5.41, 5.74) is 0.244. The first-order valence-electron chi connectivity index (χ1n) is 11.3. The zero-order valence-electron chi connectivity index (χ0n) is 17.9. The van der Waals surface area contributed by atoms with E-state index in [4.69, 9.17) is 11.6 Å². The lowest BCUT2D eigenvalue weighted by atomic mass is 9.63. The lowest BCUT2D eigenvalue weighted by Crippen LogP contribution is -2.52. The molecule has 1 saturated heterocycles. The largest absolute Gasteiger partial charge is 0.292 e. The number of rotatable bonds is 5. The highest BCUT2D eigenvalue weighted by atomic mass is 35.5. The average Bonchev–Trinajstić information content (AvgIpc) is 3.61. The summed E-state index contributed by atoms with van der Waals surface area (Å²) in [6.07, 6.45) is 5.10. The molecule has 6 atom stereocenters. The standard InChI is InChI=1S/C26H20ClFN2O4/c27-20-4-2-1-3-17(20)24(32)29(12-21(31)13-5-7-14(28)8-6-13)30-25(33)22-15-9-10-16(19-11-18(15)19)23(22)26(30)34/h1-10,15-16,18-19,22-23H,11-12H2/t15-,16-,18-,19-,22+,23+/m0/s1. The molecule has 6 nitrogen and oxygen atoms in total. The van der Waals surface area contributed by atoms with Crippen LogP contribution in [-0.2, 0) is 9.59 Å². The number of ketones is 1. The summed E-state index contributed by atoms with van der Waals surface area (Å²) >= 11 is 6.24. The molecule has 3 amide bonds. The molecule has 172 valence electrons. The fraction of sp³-hybridized carbons (Fsp3) is 0.308. The van der Waals surface area contributed by atoms with Gasteiger partial charge in [-0.2, -0.15) is 5.01 Å². The van der Waals surface area contributed by atoms with Gasteiger partial charge in [0, 0.05) is 5.56 Å². The minimum Gasteiger partial charge on any atom is -0.292 e. The molecule has 4 aliphatic carbocycles. The zero-order valence-corrected chi connectivity index (χ0v) is 18.7. The summed E-state index contributed by atoms with van der Waals surface area (Å²) in [6, 6.07) is 11.2. The van der Waals surface area contributed by atoms with Crippen molar-refractivity contribution in [1.29, 1.82) is 0 Å². The van der Waals surface area contributed by atoms with Gasteiger partial charge < -0.3 is 0 Å². The molecule has 5 aliphatic rings. The SMILES string of the molecule is O=C(CN(C(=O)c1ccccc1Cl)N1C(=O)[C@@H]2[C@H]3C=C[C@@H]([C@@H]4C[C@@H]34)[C@H]2C1=O)c1ccc(F)cc1. The highest BCUT2D eigenvalue weighted by Crippen LogP contribution is 2.65. The number of carbonyl (C=O) groups excluding carboxylic acids is 4. The first-order valence-corrected chi connectivity index (χ1v) is 11.7. The van der Waals surface area contributed by atoms with Gasteiger partial charge in [-0.1, -0.05) is 35.9 Å². The van der Waals surface area contributed by atoms with Gasteiger partial charge in [0.2, 0.25) is 0 Å². The topological polar surface area (TPSA) is 74.8 Å². The van der Waals surface area contributed by atoms with Crippen molar-refractivity contribution in [3.63, 3.8) is 0 Å². The van der Waals surface area contributed by atoms with E-state index in [1.165, 1.54) is 24.3 Å². The van der Waals surface area contributed by atoms with Gasteiger partial charge in [-0.3, -0.25) is 19.2 Å². The molecule has 7 rings (SSSR count). The van der Waals surface area contributed by atoms with Gasteiger partial charge in [-0.15, -0.1) is 0 Å². The van der Waals surface area contributed by atoms with Crippen LogP contribution in [0.4, 0.5) is 4.39 Å². The van der Waals surface area contributed by atoms with Crippen LogP contribution in [0.3, 0.4) is 0 Å². The van der Waals surface area contributed by atoms with Crippen molar-refractivity contribution in [3.05, 3.63) is 82.6 Å². The van der Waals surface area contributed by atoms with Gasteiger partial charge >= 0.3 is 0 Å². The number of Topliss-reactive ketones (excluding diaryl/α,β-unsaturated/α-hetero) is 1. The molecule has 8 heteroatoms. The van der Waals surface area contributed by atoms with Crippen LogP contribution in [-0.4, -0.2) is 40.1 Å². The van der Waals surface area contributed by atoms with E-state index in [-0.39, 0.29) is 28.0 Å². The van der Waals surface area contributed by atoms with Gasteiger partial charge in [0.1, 0.15) is 12.4 Å². The predicted octanol–water partition coefficient (Wildman–Crippen LogP) is 3.77. The van der Waals surface area contributed by atoms with Crippen LogP contribution in [0, 0.1) is 41.3 Å². The minimum atomic E-state index is -0.716. The summed E-state index contributed by atoms with van der Waals surface area (Å²) in [6.45, 7) is -0.553. The lowest BCUT2D eigenvalue weighted by Gasteiger charge is -2.37. The van der Waals surface area contributed by atoms with Gasteiger partial charge in [0.05, 0.1) is 22.4 Å². The first-order chi connectivity index (χ1) is 16.4. The Labute approximate surface area is 199 Å². The number of hydrogen-bond acceptors (Lipinski definition) is 4.